The van der Waals surface area contributed by atoms with Crippen LogP contribution < -0.4 is 10.9 Å². The van der Waals surface area contributed by atoms with Gasteiger partial charge in [-0.05, 0) is 42.9 Å². The maximum atomic E-state index is 13.0. The molecule has 0 bridgehead atoms. The van der Waals surface area contributed by atoms with Gasteiger partial charge < -0.3 is 10.1 Å². The third-order valence-corrected chi connectivity index (χ3v) is 6.36. The van der Waals surface area contributed by atoms with Crippen molar-refractivity contribution in [1.82, 2.24) is 9.55 Å². The largest absolute Gasteiger partial charge is 0.465 e. The molecule has 1 atom stereocenters. The first-order valence-electron chi connectivity index (χ1n) is 9.44. The Morgan fingerprint density at radius 3 is 2.93 bits per heavy atom. The van der Waals surface area contributed by atoms with E-state index in [4.69, 9.17) is 4.74 Å². The van der Waals surface area contributed by atoms with Gasteiger partial charge in [0.2, 0.25) is 5.91 Å². The van der Waals surface area contributed by atoms with Gasteiger partial charge in [-0.2, -0.15) is 0 Å². The summed E-state index contributed by atoms with van der Waals surface area (Å²) in [6, 6.07) is 6.58. The summed E-state index contributed by atoms with van der Waals surface area (Å²) in [6.07, 6.45) is 4.32. The molecule has 0 radical (unpaired) electrons. The van der Waals surface area contributed by atoms with E-state index in [1.807, 2.05) is 0 Å². The SMILES string of the molecule is COC(=O)c1ccccc1NC(=O)Cn1cnc2sc3c(c2c1=O)CC[C@@H](C)C3. The van der Waals surface area contributed by atoms with E-state index in [0.29, 0.717) is 17.0 Å². The topological polar surface area (TPSA) is 90.3 Å². The minimum Gasteiger partial charge on any atom is -0.465 e. The number of rotatable bonds is 4. The molecular weight excluding hydrogens is 390 g/mol. The average molecular weight is 411 g/mol. The zero-order chi connectivity index (χ0) is 20.5. The van der Waals surface area contributed by atoms with E-state index in [-0.39, 0.29) is 17.7 Å². The molecule has 1 aliphatic rings. The van der Waals surface area contributed by atoms with Gasteiger partial charge in [0, 0.05) is 4.88 Å². The van der Waals surface area contributed by atoms with Gasteiger partial charge in [-0.1, -0.05) is 19.1 Å². The summed E-state index contributed by atoms with van der Waals surface area (Å²) in [7, 11) is 1.28. The number of nitrogens with one attached hydrogen (secondary N) is 1. The second-order valence-corrected chi connectivity index (χ2v) is 8.38. The molecule has 29 heavy (non-hydrogen) atoms. The number of fused-ring (bicyclic) bond motifs is 3. The predicted molar refractivity (Wildman–Crippen MR) is 111 cm³/mol. The van der Waals surface area contributed by atoms with E-state index in [2.05, 4.69) is 17.2 Å². The van der Waals surface area contributed by atoms with Crippen LogP contribution >= 0.6 is 11.3 Å². The molecule has 7 nitrogen and oxygen atoms in total. The number of methoxy groups -OCH3 is 1. The molecule has 1 aliphatic carbocycles. The third kappa shape index (κ3) is 3.67. The molecule has 0 aliphatic heterocycles. The van der Waals surface area contributed by atoms with E-state index in [0.717, 1.165) is 29.7 Å². The number of anilines is 1. The fraction of sp³-hybridized carbons (Fsp3) is 0.333. The number of aromatic nitrogens is 2. The van der Waals surface area contributed by atoms with E-state index < -0.39 is 11.9 Å². The number of carbonyl (C=O) groups is 2. The van der Waals surface area contributed by atoms with Crippen LogP contribution in [0, 0.1) is 5.92 Å². The van der Waals surface area contributed by atoms with Gasteiger partial charge >= 0.3 is 5.97 Å². The van der Waals surface area contributed by atoms with Crippen LogP contribution in [0.4, 0.5) is 5.69 Å². The van der Waals surface area contributed by atoms with Crippen molar-refractivity contribution in [2.24, 2.45) is 5.92 Å². The maximum absolute atomic E-state index is 13.0. The Morgan fingerprint density at radius 2 is 2.14 bits per heavy atom. The van der Waals surface area contributed by atoms with Crippen molar-refractivity contribution >= 4 is 39.1 Å². The second-order valence-electron chi connectivity index (χ2n) is 7.29. The lowest BCUT2D eigenvalue weighted by Crippen LogP contribution is -2.28. The molecule has 2 aromatic heterocycles. The van der Waals surface area contributed by atoms with Crippen LogP contribution in [0.25, 0.3) is 10.2 Å². The Hall–Kier alpha value is -3.00. The van der Waals surface area contributed by atoms with Gasteiger partial charge in [0.25, 0.3) is 5.56 Å². The summed E-state index contributed by atoms with van der Waals surface area (Å²) in [5, 5.41) is 3.33. The molecule has 1 amide bonds. The summed E-state index contributed by atoms with van der Waals surface area (Å²) in [4.78, 5) is 43.8. The molecule has 1 N–H and O–H groups in total. The monoisotopic (exact) mass is 411 g/mol. The van der Waals surface area contributed by atoms with E-state index in [1.54, 1.807) is 35.6 Å². The highest BCUT2D eigenvalue weighted by Crippen LogP contribution is 2.35. The number of ether oxygens (including phenoxy) is 1. The molecule has 0 saturated heterocycles. The highest BCUT2D eigenvalue weighted by Gasteiger charge is 2.23. The van der Waals surface area contributed by atoms with Gasteiger partial charge in [-0.25, -0.2) is 9.78 Å². The first-order valence-corrected chi connectivity index (χ1v) is 10.3. The number of para-hydroxylation sites is 1. The standard InChI is InChI=1S/C21H21N3O4S/c1-12-7-8-14-16(9-12)29-19-18(14)20(26)24(11-22-19)10-17(25)23-15-6-4-3-5-13(15)21(27)28-2/h3-6,11-12H,7-10H2,1-2H3,(H,23,25)/t12-/m1/s1. The molecule has 0 fully saturated rings. The van der Waals surface area contributed by atoms with Crippen molar-refractivity contribution in [3.63, 3.8) is 0 Å². The van der Waals surface area contributed by atoms with E-state index in [9.17, 15) is 14.4 Å². The third-order valence-electron chi connectivity index (χ3n) is 5.20. The zero-order valence-electron chi connectivity index (χ0n) is 16.2. The molecule has 0 saturated carbocycles. The number of hydrogen-bond donors (Lipinski definition) is 1. The number of carbonyl (C=O) groups excluding carboxylic acids is 2. The number of nitrogens with zero attached hydrogens (tertiary/aromatic N) is 2. The fourth-order valence-corrected chi connectivity index (χ4v) is 5.04. The molecular formula is C21H21N3O4S. The smallest absolute Gasteiger partial charge is 0.339 e. The normalized spacial score (nSPS) is 15.7. The fourth-order valence-electron chi connectivity index (χ4n) is 3.70. The lowest BCUT2D eigenvalue weighted by Gasteiger charge is -2.17. The van der Waals surface area contributed by atoms with Crippen LogP contribution in [0.15, 0.2) is 35.4 Å². The van der Waals surface area contributed by atoms with Gasteiger partial charge in [0.15, 0.2) is 0 Å². The van der Waals surface area contributed by atoms with Gasteiger partial charge in [-0.15, -0.1) is 11.3 Å². The first kappa shape index (κ1) is 19.3. The molecule has 0 unspecified atom stereocenters. The quantitative estimate of drug-likeness (QED) is 0.667. The summed E-state index contributed by atoms with van der Waals surface area (Å²) in [5.41, 5.74) is 1.49. The van der Waals surface area contributed by atoms with Crippen LogP contribution in [0.5, 0.6) is 0 Å². The van der Waals surface area contributed by atoms with E-state index in [1.165, 1.54) is 22.9 Å². The zero-order valence-corrected chi connectivity index (χ0v) is 17.0. The molecule has 8 heteroatoms. The number of aryl methyl sites for hydroxylation is 1. The summed E-state index contributed by atoms with van der Waals surface area (Å²) < 4.78 is 6.06. The van der Waals surface area contributed by atoms with Crippen molar-refractivity contribution < 1.29 is 14.3 Å². The predicted octanol–water partition coefficient (Wildman–Crippen LogP) is 3.01. The number of amides is 1. The van der Waals surface area contributed by atoms with Crippen LogP contribution in [0.2, 0.25) is 0 Å². The molecule has 2 heterocycles. The van der Waals surface area contributed by atoms with E-state index >= 15 is 0 Å². The van der Waals surface area contributed by atoms with Crippen molar-refractivity contribution in [3.05, 3.63) is 57.0 Å². The van der Waals surface area contributed by atoms with Gasteiger partial charge in [0.1, 0.15) is 11.4 Å². The summed E-state index contributed by atoms with van der Waals surface area (Å²) >= 11 is 1.58. The Morgan fingerprint density at radius 1 is 1.34 bits per heavy atom. The maximum Gasteiger partial charge on any atom is 0.339 e. The molecule has 1 aromatic carbocycles. The van der Waals surface area contributed by atoms with Gasteiger partial charge in [0.05, 0.1) is 30.1 Å². The number of esters is 1. The average Bonchev–Trinajstić information content (AvgIpc) is 3.08. The highest BCUT2D eigenvalue weighted by atomic mass is 32.1. The molecule has 4 rings (SSSR count). The molecule has 150 valence electrons. The molecule has 3 aromatic rings. The van der Waals surface area contributed by atoms with Crippen molar-refractivity contribution in [1.29, 1.82) is 0 Å². The van der Waals surface area contributed by atoms with Crippen LogP contribution in [0.1, 0.15) is 34.1 Å². The van der Waals surface area contributed by atoms with Crippen LogP contribution in [0.3, 0.4) is 0 Å². The van der Waals surface area contributed by atoms with Crippen molar-refractivity contribution in [2.45, 2.75) is 32.7 Å². The lowest BCUT2D eigenvalue weighted by molar-refractivity contribution is -0.116. The van der Waals surface area contributed by atoms with Crippen molar-refractivity contribution in [3.8, 4) is 0 Å². The Labute approximate surface area is 171 Å². The lowest BCUT2D eigenvalue weighted by atomic mass is 9.89. The minimum atomic E-state index is -0.541. The number of hydrogen-bond acceptors (Lipinski definition) is 6. The number of thiophene rings is 1. The molecule has 0 spiro atoms. The van der Waals surface area contributed by atoms with Crippen LogP contribution in [-0.4, -0.2) is 28.5 Å². The number of benzene rings is 1. The Balaban J connectivity index is 1.60. The van der Waals surface area contributed by atoms with Gasteiger partial charge in [-0.3, -0.25) is 14.2 Å². The van der Waals surface area contributed by atoms with Crippen molar-refractivity contribution in [2.75, 3.05) is 12.4 Å². The minimum absolute atomic E-state index is 0.182. The highest BCUT2D eigenvalue weighted by molar-refractivity contribution is 7.18. The second kappa shape index (κ2) is 7.79. The summed E-state index contributed by atoms with van der Waals surface area (Å²) in [6.45, 7) is 2.04. The summed E-state index contributed by atoms with van der Waals surface area (Å²) in [5.74, 6) is -0.346. The Bertz CT molecular complexity index is 1160. The first-order chi connectivity index (χ1) is 14.0. The Kier molecular flexibility index (Phi) is 5.19. The van der Waals surface area contributed by atoms with Crippen LogP contribution in [-0.2, 0) is 28.9 Å².